The van der Waals surface area contributed by atoms with Gasteiger partial charge in [0.25, 0.3) is 0 Å². The maximum absolute atomic E-state index is 14.5. The molecule has 0 aliphatic heterocycles. The van der Waals surface area contributed by atoms with Crippen molar-refractivity contribution in [3.63, 3.8) is 0 Å². The monoisotopic (exact) mass is 657 g/mol. The number of carbonyl (C=O) groups excluding carboxylic acids is 2. The third-order valence-electron chi connectivity index (χ3n) is 9.23. The summed E-state index contributed by atoms with van der Waals surface area (Å²) >= 11 is 0. The van der Waals surface area contributed by atoms with Gasteiger partial charge in [-0.15, -0.1) is 6.42 Å². The number of benzene rings is 1. The lowest BCUT2D eigenvalue weighted by molar-refractivity contribution is -0.132. The lowest BCUT2D eigenvalue weighted by atomic mass is 9.63. The van der Waals surface area contributed by atoms with Crippen molar-refractivity contribution in [3.05, 3.63) is 101 Å². The van der Waals surface area contributed by atoms with Crippen LogP contribution in [0.1, 0.15) is 68.7 Å². The quantitative estimate of drug-likeness (QED) is 0.203. The van der Waals surface area contributed by atoms with Gasteiger partial charge in [0, 0.05) is 54.5 Å². The number of terminal acetylenes is 1. The molecule has 48 heavy (non-hydrogen) atoms. The lowest BCUT2D eigenvalue weighted by Crippen LogP contribution is -2.52. The summed E-state index contributed by atoms with van der Waals surface area (Å²) in [5, 5.41) is 15.5. The third kappa shape index (κ3) is 7.40. The molecular formula is C37H41F2N5O4. The average molecular weight is 658 g/mol. The number of hydrogen-bond donors (Lipinski definition) is 3. The second-order valence-corrected chi connectivity index (χ2v) is 12.7. The molecule has 0 bridgehead atoms. The number of aliphatic hydroxyl groups is 1. The number of halogens is 2. The molecule has 0 radical (unpaired) electrons. The number of pyridine rings is 1. The largest absolute Gasteiger partial charge is 0.445 e. The van der Waals surface area contributed by atoms with Gasteiger partial charge in [0.1, 0.15) is 17.9 Å². The molecule has 2 amide bonds. The Morgan fingerprint density at radius 1 is 1.12 bits per heavy atom. The smallest absolute Gasteiger partial charge is 0.249 e. The van der Waals surface area contributed by atoms with Gasteiger partial charge in [0.2, 0.25) is 17.7 Å². The number of carbonyl (C=O) groups is 2. The van der Waals surface area contributed by atoms with Crippen molar-refractivity contribution in [3.8, 4) is 12.3 Å². The highest BCUT2D eigenvalue weighted by atomic mass is 19.1. The van der Waals surface area contributed by atoms with Crippen LogP contribution in [0, 0.1) is 35.3 Å². The molecule has 2 aromatic heterocycles. The highest BCUT2D eigenvalue weighted by molar-refractivity contribution is 6.00. The van der Waals surface area contributed by atoms with Gasteiger partial charge in [0.15, 0.2) is 0 Å². The Morgan fingerprint density at radius 2 is 1.83 bits per heavy atom. The van der Waals surface area contributed by atoms with Crippen molar-refractivity contribution in [2.75, 3.05) is 19.6 Å². The maximum Gasteiger partial charge on any atom is 0.249 e. The molecule has 11 heteroatoms. The van der Waals surface area contributed by atoms with Crippen LogP contribution in [0.5, 0.6) is 0 Å². The lowest BCUT2D eigenvalue weighted by Gasteiger charge is -2.42. The van der Waals surface area contributed by atoms with Crippen LogP contribution < -0.4 is 11.1 Å². The Balaban J connectivity index is 1.58. The van der Waals surface area contributed by atoms with Crippen LogP contribution in [0.4, 0.5) is 8.78 Å². The van der Waals surface area contributed by atoms with E-state index in [2.05, 4.69) is 21.2 Å². The first-order valence-corrected chi connectivity index (χ1v) is 16.3. The molecule has 1 saturated carbocycles. The predicted octanol–water partition coefficient (Wildman–Crippen LogP) is 4.66. The van der Waals surface area contributed by atoms with E-state index in [0.29, 0.717) is 24.2 Å². The van der Waals surface area contributed by atoms with Crippen LogP contribution in [0.15, 0.2) is 71.1 Å². The van der Waals surface area contributed by atoms with Crippen molar-refractivity contribution >= 4 is 17.4 Å². The number of amides is 2. The standard InChI is InChI=1S/C37H41F2N5O4/c1-4-12-44(13-5-2)34(46)27-19-26(33-42-11-14-48-33)21-36(22-27,35(40)47)30(17-25-15-28(38)20-29(39)16-25)31(45)23-43-37(8-9-37)32-18-24(6-3)7-10-41-32/h3,7,10-11,14-16,18-21,30-31,43,45H,4-5,8-9,12-13,17,22-23H2,1-2H3,(H2,40,47)/t30-,31+,36?/m1/s1. The number of nitrogens with two attached hydrogens (primary N) is 1. The van der Waals surface area contributed by atoms with Crippen molar-refractivity contribution in [2.24, 2.45) is 17.1 Å². The molecule has 1 fully saturated rings. The fourth-order valence-electron chi connectivity index (χ4n) is 6.70. The minimum absolute atomic E-state index is 0.0214. The van der Waals surface area contributed by atoms with Crippen LogP contribution in [0.2, 0.25) is 0 Å². The number of rotatable bonds is 15. The zero-order chi connectivity index (χ0) is 34.5. The molecule has 4 N–H and O–H groups in total. The second kappa shape index (κ2) is 14.6. The summed E-state index contributed by atoms with van der Waals surface area (Å²) in [5.74, 6) is -0.964. The van der Waals surface area contributed by atoms with E-state index in [1.165, 1.54) is 12.5 Å². The summed E-state index contributed by atoms with van der Waals surface area (Å²) in [5.41, 5.74) is 6.26. The first kappa shape index (κ1) is 34.7. The van der Waals surface area contributed by atoms with Gasteiger partial charge in [-0.25, -0.2) is 13.8 Å². The molecule has 1 unspecified atom stereocenters. The second-order valence-electron chi connectivity index (χ2n) is 12.7. The summed E-state index contributed by atoms with van der Waals surface area (Å²) in [6, 6.07) is 6.63. The number of aromatic nitrogens is 2. The molecule has 3 atom stereocenters. The van der Waals surface area contributed by atoms with Gasteiger partial charge in [-0.1, -0.05) is 25.8 Å². The molecule has 0 saturated heterocycles. The fourth-order valence-corrected chi connectivity index (χ4v) is 6.70. The summed E-state index contributed by atoms with van der Waals surface area (Å²) in [6.07, 6.45) is 14.6. The van der Waals surface area contributed by atoms with E-state index in [4.69, 9.17) is 16.6 Å². The molecule has 5 rings (SSSR count). The molecule has 1 aromatic carbocycles. The minimum Gasteiger partial charge on any atom is -0.445 e. The van der Waals surface area contributed by atoms with Crippen LogP contribution >= 0.6 is 0 Å². The third-order valence-corrected chi connectivity index (χ3v) is 9.23. The van der Waals surface area contributed by atoms with E-state index in [1.807, 2.05) is 19.9 Å². The number of oxazole rings is 1. The summed E-state index contributed by atoms with van der Waals surface area (Å²) < 4.78 is 34.5. The van der Waals surface area contributed by atoms with Crippen LogP contribution in [0.3, 0.4) is 0 Å². The number of nitrogens with zero attached hydrogens (tertiary/aromatic N) is 3. The van der Waals surface area contributed by atoms with Crippen LogP contribution in [0.25, 0.3) is 5.57 Å². The maximum atomic E-state index is 14.5. The number of aliphatic hydroxyl groups excluding tert-OH is 1. The highest BCUT2D eigenvalue weighted by Gasteiger charge is 2.51. The molecule has 3 aromatic rings. The Kier molecular flexibility index (Phi) is 10.6. The average Bonchev–Trinajstić information content (AvgIpc) is 3.66. The molecule has 2 aliphatic carbocycles. The molecule has 0 spiro atoms. The van der Waals surface area contributed by atoms with E-state index in [1.54, 1.807) is 29.3 Å². The van der Waals surface area contributed by atoms with E-state index in [-0.39, 0.29) is 42.3 Å². The molecule has 2 aliphatic rings. The van der Waals surface area contributed by atoms with Crippen LogP contribution in [-0.2, 0) is 21.5 Å². The van der Waals surface area contributed by atoms with E-state index in [0.717, 1.165) is 49.6 Å². The number of hydrogen-bond acceptors (Lipinski definition) is 7. The highest BCUT2D eigenvalue weighted by Crippen LogP contribution is 2.48. The Bertz CT molecular complexity index is 1720. The topological polar surface area (TPSA) is 135 Å². The summed E-state index contributed by atoms with van der Waals surface area (Å²) in [4.78, 5) is 38.4. The van der Waals surface area contributed by atoms with Gasteiger partial charge in [-0.2, -0.15) is 0 Å². The van der Waals surface area contributed by atoms with Gasteiger partial charge >= 0.3 is 0 Å². The Morgan fingerprint density at radius 3 is 2.42 bits per heavy atom. The summed E-state index contributed by atoms with van der Waals surface area (Å²) in [6.45, 7) is 4.92. The Hall–Kier alpha value is -4.66. The van der Waals surface area contributed by atoms with E-state index >= 15 is 0 Å². The predicted molar refractivity (Wildman–Crippen MR) is 177 cm³/mol. The van der Waals surface area contributed by atoms with Crippen molar-refractivity contribution in [2.45, 2.75) is 64.0 Å². The summed E-state index contributed by atoms with van der Waals surface area (Å²) in [7, 11) is 0. The SMILES string of the molecule is C#Cc1ccnc(C2(NC[C@H](O)[C@@H](Cc3cc(F)cc(F)c3)C3(C(N)=O)C=C(c4ncco4)C=C(C(=O)N(CCC)CCC)C3)CC2)c1. The fraction of sp³-hybridized carbons (Fsp3) is 0.405. The molecule has 9 nitrogen and oxygen atoms in total. The van der Waals surface area contributed by atoms with Gasteiger partial charge in [-0.05, 0) is 74.4 Å². The first-order valence-electron chi connectivity index (χ1n) is 16.3. The van der Waals surface area contributed by atoms with E-state index < -0.39 is 40.5 Å². The number of primary amides is 1. The van der Waals surface area contributed by atoms with Gasteiger partial charge < -0.3 is 25.5 Å². The van der Waals surface area contributed by atoms with Gasteiger partial charge in [-0.3, -0.25) is 14.6 Å². The number of allylic oxidation sites excluding steroid dienone is 2. The van der Waals surface area contributed by atoms with Crippen molar-refractivity contribution < 1.29 is 27.9 Å². The van der Waals surface area contributed by atoms with Crippen LogP contribution in [-0.4, -0.2) is 57.5 Å². The minimum atomic E-state index is -1.68. The zero-order valence-corrected chi connectivity index (χ0v) is 27.2. The first-order chi connectivity index (χ1) is 23.0. The zero-order valence-electron chi connectivity index (χ0n) is 27.2. The molecule has 2 heterocycles. The normalized spacial score (nSPS) is 19.4. The van der Waals surface area contributed by atoms with Crippen molar-refractivity contribution in [1.29, 1.82) is 0 Å². The Labute approximate surface area is 279 Å². The van der Waals surface area contributed by atoms with Gasteiger partial charge in [0.05, 0.1) is 28.9 Å². The van der Waals surface area contributed by atoms with Crippen molar-refractivity contribution in [1.82, 2.24) is 20.2 Å². The molecular weight excluding hydrogens is 616 g/mol. The number of nitrogens with one attached hydrogen (secondary N) is 1. The molecule has 252 valence electrons. The van der Waals surface area contributed by atoms with E-state index in [9.17, 15) is 23.5 Å².